The number of hydrogen-bond donors (Lipinski definition) is 0. The van der Waals surface area contributed by atoms with Gasteiger partial charge in [-0.25, -0.2) is 0 Å². The summed E-state index contributed by atoms with van der Waals surface area (Å²) in [5, 5.41) is 6.44. The molecule has 2 aliphatic carbocycles. The Kier molecular flexibility index (Phi) is 2.02. The molecule has 0 bridgehead atoms. The number of carbonyl (C=O) groups is 1. The number of hydrogen-bond acceptors (Lipinski definition) is 3. The lowest BCUT2D eigenvalue weighted by molar-refractivity contribution is 0.0945. The summed E-state index contributed by atoms with van der Waals surface area (Å²) in [6, 6.07) is 3.78. The number of carbonyl (C=O) groups excluding carboxylic acids is 1. The van der Waals surface area contributed by atoms with E-state index in [2.05, 4.69) is 18.9 Å². The van der Waals surface area contributed by atoms with Crippen molar-refractivity contribution in [2.24, 2.45) is 11.3 Å². The first kappa shape index (κ1) is 11.4. The monoisotopic (exact) mass is 272 g/mol. The zero-order valence-electron chi connectivity index (χ0n) is 11.3. The van der Waals surface area contributed by atoms with Crippen LogP contribution in [0.5, 0.6) is 0 Å². The van der Waals surface area contributed by atoms with Gasteiger partial charge in [-0.3, -0.25) is 4.79 Å². The molecule has 0 amide bonds. The van der Waals surface area contributed by atoms with Crippen LogP contribution < -0.4 is 0 Å². The number of aromatic nitrogens is 2. The molecule has 0 aromatic carbocycles. The highest BCUT2D eigenvalue weighted by atomic mass is 32.1. The van der Waals surface area contributed by atoms with Gasteiger partial charge in [-0.15, -0.1) is 11.3 Å². The van der Waals surface area contributed by atoms with Crippen molar-refractivity contribution in [3.8, 4) is 0 Å². The van der Waals surface area contributed by atoms with Gasteiger partial charge in [0.25, 0.3) is 5.91 Å². The van der Waals surface area contributed by atoms with E-state index in [0.29, 0.717) is 17.3 Å². The van der Waals surface area contributed by atoms with Gasteiger partial charge in [-0.05, 0) is 42.0 Å². The minimum Gasteiger partial charge on any atom is -0.266 e. The van der Waals surface area contributed by atoms with Crippen molar-refractivity contribution in [2.45, 2.75) is 33.1 Å². The molecule has 2 heterocycles. The van der Waals surface area contributed by atoms with Crippen LogP contribution in [0.2, 0.25) is 0 Å². The largest absolute Gasteiger partial charge is 0.288 e. The maximum absolute atomic E-state index is 12.5. The standard InChI is InChI=1S/C15H16N2OS/c1-8-12-10(7-9-13(12)15(9,2)3)17(16-8)14(18)11-5-4-6-19-11/h4-6,9,13H,7H2,1-3H3/t9-,13-/m1/s1. The highest BCUT2D eigenvalue weighted by Crippen LogP contribution is 2.70. The van der Waals surface area contributed by atoms with Gasteiger partial charge in [0.1, 0.15) is 0 Å². The molecule has 2 aromatic rings. The Labute approximate surface area is 116 Å². The number of fused-ring (bicyclic) bond motifs is 3. The molecule has 0 unspecified atom stereocenters. The summed E-state index contributed by atoms with van der Waals surface area (Å²) in [4.78, 5) is 13.2. The lowest BCUT2D eigenvalue weighted by atomic mass is 9.98. The minimum atomic E-state index is 0.0263. The van der Waals surface area contributed by atoms with Crippen LogP contribution in [0.25, 0.3) is 0 Å². The molecule has 0 saturated heterocycles. The smallest absolute Gasteiger partial charge is 0.266 e. The first-order valence-corrected chi connectivity index (χ1v) is 7.56. The van der Waals surface area contributed by atoms with E-state index in [1.807, 2.05) is 24.4 Å². The second kappa shape index (κ2) is 3.37. The molecule has 1 fully saturated rings. The number of thiophene rings is 1. The fourth-order valence-corrected chi connectivity index (χ4v) is 4.42. The van der Waals surface area contributed by atoms with E-state index in [-0.39, 0.29) is 5.91 Å². The Bertz CT molecular complexity index is 681. The van der Waals surface area contributed by atoms with Crippen LogP contribution in [0, 0.1) is 18.3 Å². The van der Waals surface area contributed by atoms with Crippen LogP contribution in [0.4, 0.5) is 0 Å². The average Bonchev–Trinajstić information content (AvgIpc) is 2.87. The van der Waals surface area contributed by atoms with E-state index >= 15 is 0 Å². The summed E-state index contributed by atoms with van der Waals surface area (Å²) in [5.41, 5.74) is 3.94. The zero-order valence-corrected chi connectivity index (χ0v) is 12.1. The van der Waals surface area contributed by atoms with Crippen LogP contribution in [0.3, 0.4) is 0 Å². The van der Waals surface area contributed by atoms with Crippen molar-refractivity contribution in [1.29, 1.82) is 0 Å². The fraction of sp³-hybridized carbons (Fsp3) is 0.467. The predicted octanol–water partition coefficient (Wildman–Crippen LogP) is 3.24. The molecule has 2 aromatic heterocycles. The lowest BCUT2D eigenvalue weighted by Gasteiger charge is -2.09. The minimum absolute atomic E-state index is 0.0263. The van der Waals surface area contributed by atoms with E-state index in [0.717, 1.165) is 22.7 Å². The van der Waals surface area contributed by atoms with Crippen LogP contribution >= 0.6 is 11.3 Å². The predicted molar refractivity (Wildman–Crippen MR) is 74.7 cm³/mol. The average molecular weight is 272 g/mol. The summed E-state index contributed by atoms with van der Waals surface area (Å²) in [5.74, 6) is 1.35. The third-order valence-corrected chi connectivity index (χ3v) is 5.76. The molecular formula is C15H16N2OS. The zero-order chi connectivity index (χ0) is 13.4. The van der Waals surface area contributed by atoms with Gasteiger partial charge in [-0.2, -0.15) is 9.78 Å². The van der Waals surface area contributed by atoms with Gasteiger partial charge < -0.3 is 0 Å². The maximum Gasteiger partial charge on any atom is 0.288 e. The van der Waals surface area contributed by atoms with Gasteiger partial charge in [0.15, 0.2) is 0 Å². The van der Waals surface area contributed by atoms with Gasteiger partial charge in [-0.1, -0.05) is 19.9 Å². The molecule has 0 N–H and O–H groups in total. The molecule has 3 nitrogen and oxygen atoms in total. The van der Waals surface area contributed by atoms with Crippen molar-refractivity contribution in [2.75, 3.05) is 0 Å². The molecule has 2 atom stereocenters. The number of aryl methyl sites for hydroxylation is 1. The summed E-state index contributed by atoms with van der Waals surface area (Å²) in [6.45, 7) is 6.68. The Hall–Kier alpha value is -1.42. The summed E-state index contributed by atoms with van der Waals surface area (Å²) < 4.78 is 1.65. The summed E-state index contributed by atoms with van der Waals surface area (Å²) in [7, 11) is 0. The second-order valence-electron chi connectivity index (χ2n) is 6.25. The van der Waals surface area contributed by atoms with Gasteiger partial charge in [0.2, 0.25) is 0 Å². The second-order valence-corrected chi connectivity index (χ2v) is 7.20. The molecule has 19 heavy (non-hydrogen) atoms. The highest BCUT2D eigenvalue weighted by Gasteiger charge is 2.64. The Morgan fingerprint density at radius 1 is 1.53 bits per heavy atom. The summed E-state index contributed by atoms with van der Waals surface area (Å²) in [6.07, 6.45) is 1.00. The maximum atomic E-state index is 12.5. The van der Waals surface area contributed by atoms with Crippen LogP contribution in [-0.4, -0.2) is 15.7 Å². The highest BCUT2D eigenvalue weighted by molar-refractivity contribution is 7.12. The molecule has 2 aliphatic rings. The number of rotatable bonds is 1. The molecule has 98 valence electrons. The van der Waals surface area contributed by atoms with E-state index in [4.69, 9.17) is 0 Å². The van der Waals surface area contributed by atoms with Gasteiger partial charge in [0.05, 0.1) is 16.3 Å². The fourth-order valence-electron chi connectivity index (χ4n) is 3.77. The lowest BCUT2D eigenvalue weighted by Crippen LogP contribution is -2.16. The number of nitrogens with zero attached hydrogens (tertiary/aromatic N) is 2. The van der Waals surface area contributed by atoms with Gasteiger partial charge in [0, 0.05) is 5.56 Å². The van der Waals surface area contributed by atoms with Gasteiger partial charge >= 0.3 is 0 Å². The van der Waals surface area contributed by atoms with Crippen LogP contribution in [0.1, 0.15) is 46.4 Å². The first-order valence-electron chi connectivity index (χ1n) is 6.68. The SMILES string of the molecule is Cc1nn(C(=O)c2cccs2)c2c1[C@H]1[C@@H](C2)C1(C)C. The quantitative estimate of drug-likeness (QED) is 0.799. The third-order valence-electron chi connectivity index (χ3n) is 4.91. The van der Waals surface area contributed by atoms with Crippen LogP contribution in [0.15, 0.2) is 17.5 Å². The molecule has 0 radical (unpaired) electrons. The molecule has 4 rings (SSSR count). The molecule has 4 heteroatoms. The summed E-state index contributed by atoms with van der Waals surface area (Å²) >= 11 is 1.48. The van der Waals surface area contributed by atoms with Crippen molar-refractivity contribution < 1.29 is 4.79 Å². The Balaban J connectivity index is 1.80. The van der Waals surface area contributed by atoms with Crippen LogP contribution in [-0.2, 0) is 6.42 Å². The first-order chi connectivity index (χ1) is 9.01. The molecule has 0 aliphatic heterocycles. The Morgan fingerprint density at radius 2 is 2.32 bits per heavy atom. The van der Waals surface area contributed by atoms with Crippen molar-refractivity contribution in [3.05, 3.63) is 39.3 Å². The van der Waals surface area contributed by atoms with Crippen molar-refractivity contribution in [3.63, 3.8) is 0 Å². The van der Waals surface area contributed by atoms with E-state index in [9.17, 15) is 4.79 Å². The topological polar surface area (TPSA) is 34.9 Å². The van der Waals surface area contributed by atoms with E-state index < -0.39 is 0 Å². The molecular weight excluding hydrogens is 256 g/mol. The third kappa shape index (κ3) is 1.32. The molecule has 1 saturated carbocycles. The van der Waals surface area contributed by atoms with E-state index in [1.165, 1.54) is 16.9 Å². The molecule has 0 spiro atoms. The van der Waals surface area contributed by atoms with E-state index in [1.54, 1.807) is 4.68 Å². The van der Waals surface area contributed by atoms with Crippen molar-refractivity contribution in [1.82, 2.24) is 9.78 Å². The van der Waals surface area contributed by atoms with Crippen molar-refractivity contribution >= 4 is 17.2 Å². The normalized spacial score (nSPS) is 26.1. The Morgan fingerprint density at radius 3 is 3.00 bits per heavy atom.